The zero-order chi connectivity index (χ0) is 27.6. The number of hydrogen-bond donors (Lipinski definition) is 0. The Morgan fingerprint density at radius 2 is 1.38 bits per heavy atom. The predicted octanol–water partition coefficient (Wildman–Crippen LogP) is 5.72. The van der Waals surface area contributed by atoms with Crippen molar-refractivity contribution >= 4 is 52.3 Å². The molecule has 2 unspecified atom stereocenters. The smallest absolute Gasteiger partial charge is 0.00622 e. The van der Waals surface area contributed by atoms with E-state index >= 15 is 0 Å². The van der Waals surface area contributed by atoms with Crippen molar-refractivity contribution in [2.75, 3.05) is 0 Å². The Morgan fingerprint density at radius 3 is 2.26 bits per heavy atom. The summed E-state index contributed by atoms with van der Waals surface area (Å²) in [5.74, 6) is 1.19. The largest absolute Gasteiger partial charge is 0.0839 e. The number of rotatable bonds is 2. The summed E-state index contributed by atoms with van der Waals surface area (Å²) in [6.07, 6.45) is 38.1. The molecule has 0 aliphatic heterocycles. The number of hydrogen-bond acceptors (Lipinski definition) is 0. The van der Waals surface area contributed by atoms with Gasteiger partial charge in [0.05, 0.1) is 0 Å². The van der Waals surface area contributed by atoms with E-state index < -0.39 is 0 Å². The second kappa shape index (κ2) is 9.70. The minimum atomic E-state index is 0.502. The molecule has 0 aromatic heterocycles. The highest BCUT2D eigenvalue weighted by Gasteiger charge is 2.24. The van der Waals surface area contributed by atoms with Crippen molar-refractivity contribution in [3.8, 4) is 0 Å². The van der Waals surface area contributed by atoms with Crippen LogP contribution in [-0.4, -0.2) is 0 Å². The third kappa shape index (κ3) is 3.74. The maximum Gasteiger partial charge on any atom is 0.00622 e. The molecular weight excluding hydrogens is 504 g/mol. The van der Waals surface area contributed by atoms with Gasteiger partial charge in [0.25, 0.3) is 0 Å². The van der Waals surface area contributed by atoms with E-state index in [1.807, 2.05) is 0 Å². The summed E-state index contributed by atoms with van der Waals surface area (Å²) in [5, 5.41) is 11.5. The molecule has 0 saturated heterocycles. The van der Waals surface area contributed by atoms with E-state index in [1.165, 1.54) is 94.8 Å². The second-order valence-corrected chi connectivity index (χ2v) is 12.8. The molecule has 3 aromatic rings. The zero-order valence-corrected chi connectivity index (χ0v) is 24.2. The van der Waals surface area contributed by atoms with Crippen molar-refractivity contribution in [3.63, 3.8) is 0 Å². The maximum absolute atomic E-state index is 2.56. The van der Waals surface area contributed by atoms with Gasteiger partial charge >= 0.3 is 0 Å². The van der Waals surface area contributed by atoms with E-state index in [2.05, 4.69) is 109 Å². The molecule has 0 fully saturated rings. The summed E-state index contributed by atoms with van der Waals surface area (Å²) in [6, 6.07) is 14.1. The first-order valence-corrected chi connectivity index (χ1v) is 16.1. The van der Waals surface area contributed by atoms with Crippen molar-refractivity contribution in [3.05, 3.63) is 133 Å². The molecule has 0 nitrogen and oxygen atoms in total. The topological polar surface area (TPSA) is 0 Å². The van der Waals surface area contributed by atoms with Gasteiger partial charge in [-0.2, -0.15) is 0 Å². The van der Waals surface area contributed by atoms with Gasteiger partial charge in [-0.15, -0.1) is 0 Å². The molecular formula is C42H36. The molecule has 0 amide bonds. The Bertz CT molecular complexity index is 2240. The van der Waals surface area contributed by atoms with E-state index in [1.54, 1.807) is 0 Å². The normalized spacial score (nSPS) is 23.1. The fourth-order valence-corrected chi connectivity index (χ4v) is 8.54. The van der Waals surface area contributed by atoms with Crippen molar-refractivity contribution in [2.24, 2.45) is 11.8 Å². The minimum absolute atomic E-state index is 0.502. The summed E-state index contributed by atoms with van der Waals surface area (Å²) in [4.78, 5) is 0. The number of allylic oxidation sites excluding steroid dienone is 10. The highest BCUT2D eigenvalue weighted by molar-refractivity contribution is 6.02. The fourth-order valence-electron chi connectivity index (χ4n) is 8.54. The highest BCUT2D eigenvalue weighted by atomic mass is 14.3. The van der Waals surface area contributed by atoms with Crippen molar-refractivity contribution in [2.45, 2.75) is 51.4 Å². The maximum atomic E-state index is 2.56. The van der Waals surface area contributed by atoms with E-state index in [0.29, 0.717) is 11.8 Å². The van der Waals surface area contributed by atoms with Gasteiger partial charge in [-0.05, 0) is 133 Å². The molecule has 0 N–H and O–H groups in total. The molecule has 3 aromatic carbocycles. The average molecular weight is 541 g/mol. The van der Waals surface area contributed by atoms with E-state index in [9.17, 15) is 0 Å². The monoisotopic (exact) mass is 540 g/mol. The first-order valence-electron chi connectivity index (χ1n) is 16.1. The fraction of sp³-hybridized carbons (Fsp3) is 0.238. The highest BCUT2D eigenvalue weighted by Crippen LogP contribution is 2.39. The molecule has 0 heterocycles. The van der Waals surface area contributed by atoms with Crippen molar-refractivity contribution in [1.29, 1.82) is 0 Å². The molecule has 0 radical (unpaired) electrons. The molecule has 0 spiro atoms. The summed E-state index contributed by atoms with van der Waals surface area (Å²) in [6.45, 7) is 0. The molecule has 6 aliphatic carbocycles. The van der Waals surface area contributed by atoms with Gasteiger partial charge in [0.2, 0.25) is 0 Å². The van der Waals surface area contributed by atoms with Crippen LogP contribution in [0.1, 0.15) is 62.5 Å². The van der Waals surface area contributed by atoms with Gasteiger partial charge in [-0.25, -0.2) is 0 Å². The summed E-state index contributed by atoms with van der Waals surface area (Å²) in [7, 11) is 0. The summed E-state index contributed by atoms with van der Waals surface area (Å²) >= 11 is 0. The third-order valence-corrected chi connectivity index (χ3v) is 10.5. The Balaban J connectivity index is 1.36. The zero-order valence-electron chi connectivity index (χ0n) is 24.2. The van der Waals surface area contributed by atoms with E-state index in [0.717, 1.165) is 32.1 Å². The SMILES string of the molecule is C1=CCC2C=c3c(ccc4c3=CCCC=4c3c4c(c(C5=CC6=CC=CCC6CC5)c5ccccc35)=CCCC=4)=CC2=C1. The lowest BCUT2D eigenvalue weighted by atomic mass is 9.76. The second-order valence-electron chi connectivity index (χ2n) is 12.8. The van der Waals surface area contributed by atoms with Gasteiger partial charge in [0.15, 0.2) is 0 Å². The van der Waals surface area contributed by atoms with E-state index in [4.69, 9.17) is 0 Å². The lowest BCUT2D eigenvalue weighted by Crippen LogP contribution is -2.51. The standard InChI is InChI=1S/C42H36/c1-2-11-28-25-32(21-20-27(28)10-1)41-36-14-5-7-16-38(36)42(39-17-8-6-15-37(39)41)35-19-9-18-33-34(35)23-22-31-24-29-12-3-4-13-30(29)26-40(31)33/h1-5,7,11-12,14-18,22-27,30H,6,8-10,13,19-21H2. The first kappa shape index (κ1) is 24.4. The van der Waals surface area contributed by atoms with Crippen LogP contribution in [0.3, 0.4) is 0 Å². The number of fused-ring (bicyclic) bond motifs is 7. The van der Waals surface area contributed by atoms with Crippen LogP contribution >= 0.6 is 0 Å². The van der Waals surface area contributed by atoms with Crippen LogP contribution in [0.25, 0.3) is 52.3 Å². The Morgan fingerprint density at radius 1 is 0.619 bits per heavy atom. The summed E-state index contributed by atoms with van der Waals surface area (Å²) < 4.78 is 0. The van der Waals surface area contributed by atoms with Crippen molar-refractivity contribution < 1.29 is 0 Å². The minimum Gasteiger partial charge on any atom is -0.0839 e. The van der Waals surface area contributed by atoms with Crippen LogP contribution in [0.15, 0.2) is 90.1 Å². The van der Waals surface area contributed by atoms with Crippen LogP contribution in [0, 0.1) is 11.8 Å². The van der Waals surface area contributed by atoms with Gasteiger partial charge in [0, 0.05) is 5.92 Å². The average Bonchev–Trinajstić information content (AvgIpc) is 3.05. The Labute approximate surface area is 247 Å². The van der Waals surface area contributed by atoms with Crippen LogP contribution in [0.5, 0.6) is 0 Å². The van der Waals surface area contributed by atoms with Crippen molar-refractivity contribution in [1.82, 2.24) is 0 Å². The number of benzene rings is 3. The molecule has 42 heavy (non-hydrogen) atoms. The molecule has 9 rings (SSSR count). The third-order valence-electron chi connectivity index (χ3n) is 10.5. The van der Waals surface area contributed by atoms with Gasteiger partial charge in [-0.1, -0.05) is 109 Å². The van der Waals surface area contributed by atoms with Crippen LogP contribution in [0.4, 0.5) is 0 Å². The molecule has 0 heteroatoms. The van der Waals surface area contributed by atoms with E-state index in [-0.39, 0.29) is 0 Å². The van der Waals surface area contributed by atoms with Gasteiger partial charge in [-0.3, -0.25) is 0 Å². The predicted molar refractivity (Wildman–Crippen MR) is 179 cm³/mol. The summed E-state index contributed by atoms with van der Waals surface area (Å²) in [5.41, 5.74) is 9.03. The molecule has 2 atom stereocenters. The lowest BCUT2D eigenvalue weighted by molar-refractivity contribution is 0.572. The molecule has 0 bridgehead atoms. The Hall–Kier alpha value is -4.16. The van der Waals surface area contributed by atoms with Gasteiger partial charge in [0.1, 0.15) is 0 Å². The molecule has 6 aliphatic rings. The van der Waals surface area contributed by atoms with Gasteiger partial charge < -0.3 is 0 Å². The Kier molecular flexibility index (Phi) is 5.65. The molecule has 204 valence electrons. The first-order chi connectivity index (χ1) is 20.8. The van der Waals surface area contributed by atoms with Crippen LogP contribution in [-0.2, 0) is 0 Å². The lowest BCUT2D eigenvalue weighted by Gasteiger charge is -2.28. The molecule has 0 saturated carbocycles. The quantitative estimate of drug-likeness (QED) is 0.390. The van der Waals surface area contributed by atoms with Crippen LogP contribution in [0.2, 0.25) is 0 Å². The van der Waals surface area contributed by atoms with Crippen LogP contribution < -0.4 is 31.3 Å².